The highest BCUT2D eigenvalue weighted by Crippen LogP contribution is 2.32. The largest absolute Gasteiger partial charge is 0.256 e. The molecule has 3 aromatic rings. The van der Waals surface area contributed by atoms with Crippen LogP contribution in [-0.2, 0) is 19.9 Å². The summed E-state index contributed by atoms with van der Waals surface area (Å²) < 4.78 is 3.79. The van der Waals surface area contributed by atoms with Crippen LogP contribution in [-0.4, -0.2) is 34.3 Å². The van der Waals surface area contributed by atoms with Crippen molar-refractivity contribution in [2.45, 2.75) is 58.3 Å². The van der Waals surface area contributed by atoms with Crippen LogP contribution in [0, 0.1) is 13.8 Å². The van der Waals surface area contributed by atoms with Crippen molar-refractivity contribution in [3.05, 3.63) is 35.1 Å². The number of hydrogen-bond acceptors (Lipinski definition) is 5. The molecule has 1 fully saturated rings. The van der Waals surface area contributed by atoms with Crippen LogP contribution in [0.25, 0.3) is 5.65 Å². The molecule has 0 unspecified atom stereocenters. The van der Waals surface area contributed by atoms with Crippen molar-refractivity contribution >= 4 is 5.65 Å². The normalized spacial score (nSPS) is 15.6. The fraction of sp³-hybridized carbons (Fsp3) is 0.588. The molecule has 1 aliphatic rings. The van der Waals surface area contributed by atoms with Crippen molar-refractivity contribution in [3.63, 3.8) is 0 Å². The lowest BCUT2D eigenvalue weighted by atomic mass is 10.1. The Morgan fingerprint density at radius 2 is 1.88 bits per heavy atom. The van der Waals surface area contributed by atoms with E-state index < -0.39 is 0 Å². The number of hydrogen-bond donors (Lipinski definition) is 0. The van der Waals surface area contributed by atoms with E-state index in [-0.39, 0.29) is 0 Å². The van der Waals surface area contributed by atoms with Crippen LogP contribution in [0.1, 0.15) is 60.5 Å². The van der Waals surface area contributed by atoms with Gasteiger partial charge >= 0.3 is 0 Å². The summed E-state index contributed by atoms with van der Waals surface area (Å²) in [5, 5.41) is 9.24. The molecule has 7 nitrogen and oxygen atoms in total. The van der Waals surface area contributed by atoms with Crippen molar-refractivity contribution in [1.29, 1.82) is 0 Å². The summed E-state index contributed by atoms with van der Waals surface area (Å²) in [6, 6.07) is 0. The first-order valence-electron chi connectivity index (χ1n) is 8.69. The smallest absolute Gasteiger partial charge is 0.177 e. The zero-order valence-corrected chi connectivity index (χ0v) is 14.5. The highest BCUT2D eigenvalue weighted by Gasteiger charge is 2.22. The Hall–Kier alpha value is -2.31. The van der Waals surface area contributed by atoms with Crippen molar-refractivity contribution in [1.82, 2.24) is 34.3 Å². The summed E-state index contributed by atoms with van der Waals surface area (Å²) in [6.07, 6.45) is 8.45. The summed E-state index contributed by atoms with van der Waals surface area (Å²) in [6.45, 7) is 3.96. The maximum Gasteiger partial charge on any atom is 0.177 e. The minimum atomic E-state index is 0.551. The molecule has 7 heteroatoms. The number of aryl methyl sites for hydroxylation is 5. The van der Waals surface area contributed by atoms with Crippen molar-refractivity contribution in [2.24, 2.45) is 7.05 Å². The fourth-order valence-corrected chi connectivity index (χ4v) is 3.48. The third-order valence-electron chi connectivity index (χ3n) is 4.92. The fourth-order valence-electron chi connectivity index (χ4n) is 3.48. The van der Waals surface area contributed by atoms with Gasteiger partial charge < -0.3 is 0 Å². The lowest BCUT2D eigenvalue weighted by Crippen LogP contribution is -2.03. The Bertz CT molecular complexity index is 832. The predicted octanol–water partition coefficient (Wildman–Crippen LogP) is 2.31. The van der Waals surface area contributed by atoms with Gasteiger partial charge in [-0.05, 0) is 26.7 Å². The minimum absolute atomic E-state index is 0.551. The molecule has 0 aliphatic heterocycles. The van der Waals surface area contributed by atoms with Gasteiger partial charge in [0.15, 0.2) is 17.3 Å². The SMILES string of the molecule is Cc1ncc(C)n2nc(CCc3nc(C4CCCC4)nn3C)nc12. The third kappa shape index (κ3) is 2.68. The van der Waals surface area contributed by atoms with E-state index in [1.807, 2.05) is 36.3 Å². The maximum absolute atomic E-state index is 4.77. The van der Waals surface area contributed by atoms with Crippen LogP contribution < -0.4 is 0 Å². The van der Waals surface area contributed by atoms with Gasteiger partial charge in [0.25, 0.3) is 0 Å². The van der Waals surface area contributed by atoms with E-state index in [2.05, 4.69) is 20.2 Å². The van der Waals surface area contributed by atoms with E-state index in [0.29, 0.717) is 5.92 Å². The second-order valence-corrected chi connectivity index (χ2v) is 6.74. The molecule has 3 aromatic heterocycles. The van der Waals surface area contributed by atoms with Crippen molar-refractivity contribution in [2.75, 3.05) is 0 Å². The molecule has 3 heterocycles. The maximum atomic E-state index is 4.77. The summed E-state index contributed by atoms with van der Waals surface area (Å²) in [5.74, 6) is 3.42. The molecule has 0 saturated heterocycles. The average Bonchev–Trinajstić information content (AvgIpc) is 3.28. The van der Waals surface area contributed by atoms with E-state index >= 15 is 0 Å². The monoisotopic (exact) mass is 325 g/mol. The molecular formula is C17H23N7. The zero-order valence-electron chi connectivity index (χ0n) is 14.5. The summed E-state index contributed by atoms with van der Waals surface area (Å²) >= 11 is 0. The Kier molecular flexibility index (Phi) is 3.78. The zero-order chi connectivity index (χ0) is 16.7. The second kappa shape index (κ2) is 5.96. The Balaban J connectivity index is 1.53. The highest BCUT2D eigenvalue weighted by atomic mass is 15.3. The van der Waals surface area contributed by atoms with Gasteiger partial charge in [0.05, 0.1) is 11.4 Å². The first-order valence-corrected chi connectivity index (χ1v) is 8.69. The van der Waals surface area contributed by atoms with Crippen molar-refractivity contribution < 1.29 is 0 Å². The molecule has 0 bridgehead atoms. The molecule has 0 spiro atoms. The Labute approximate surface area is 141 Å². The summed E-state index contributed by atoms with van der Waals surface area (Å²) in [5.41, 5.74) is 2.74. The summed E-state index contributed by atoms with van der Waals surface area (Å²) in [7, 11) is 1.98. The van der Waals surface area contributed by atoms with Gasteiger partial charge in [-0.3, -0.25) is 9.67 Å². The molecule has 24 heavy (non-hydrogen) atoms. The van der Waals surface area contributed by atoms with Crippen LogP contribution in [0.5, 0.6) is 0 Å². The molecule has 1 aliphatic carbocycles. The van der Waals surface area contributed by atoms with E-state index in [0.717, 1.165) is 47.3 Å². The van der Waals surface area contributed by atoms with E-state index in [1.54, 1.807) is 0 Å². The Morgan fingerprint density at radius 3 is 2.62 bits per heavy atom. The second-order valence-electron chi connectivity index (χ2n) is 6.74. The van der Waals surface area contributed by atoms with Gasteiger partial charge in [0.2, 0.25) is 0 Å². The number of aromatic nitrogens is 7. The topological polar surface area (TPSA) is 73.8 Å². The lowest BCUT2D eigenvalue weighted by Gasteiger charge is -2.00. The molecule has 0 aromatic carbocycles. The van der Waals surface area contributed by atoms with Gasteiger partial charge in [0, 0.05) is 32.0 Å². The van der Waals surface area contributed by atoms with Gasteiger partial charge in [-0.25, -0.2) is 14.5 Å². The van der Waals surface area contributed by atoms with E-state index in [4.69, 9.17) is 4.98 Å². The lowest BCUT2D eigenvalue weighted by molar-refractivity contribution is 0.640. The average molecular weight is 325 g/mol. The number of nitrogens with zero attached hydrogens (tertiary/aromatic N) is 7. The predicted molar refractivity (Wildman–Crippen MR) is 89.9 cm³/mol. The molecule has 126 valence electrons. The molecule has 0 amide bonds. The standard InChI is InChI=1S/C17H23N7/c1-11-10-18-12(2)17-19-14(21-24(11)17)8-9-15-20-16(22-23(15)3)13-6-4-5-7-13/h10,13H,4-9H2,1-3H3. The van der Waals surface area contributed by atoms with Crippen molar-refractivity contribution in [3.8, 4) is 0 Å². The summed E-state index contributed by atoms with van der Waals surface area (Å²) in [4.78, 5) is 13.8. The first kappa shape index (κ1) is 15.2. The van der Waals surface area contributed by atoms with Gasteiger partial charge in [-0.15, -0.1) is 0 Å². The molecule has 4 rings (SSSR count). The van der Waals surface area contributed by atoms with Gasteiger partial charge in [0.1, 0.15) is 5.82 Å². The molecule has 0 atom stereocenters. The van der Waals surface area contributed by atoms with Crippen LogP contribution in [0.2, 0.25) is 0 Å². The third-order valence-corrected chi connectivity index (χ3v) is 4.92. The Morgan fingerprint density at radius 1 is 1.08 bits per heavy atom. The number of rotatable bonds is 4. The molecule has 0 N–H and O–H groups in total. The molecule has 0 radical (unpaired) electrons. The van der Waals surface area contributed by atoms with E-state index in [1.165, 1.54) is 25.7 Å². The van der Waals surface area contributed by atoms with E-state index in [9.17, 15) is 0 Å². The van der Waals surface area contributed by atoms with Gasteiger partial charge in [-0.2, -0.15) is 10.2 Å². The quantitative estimate of drug-likeness (QED) is 0.736. The van der Waals surface area contributed by atoms with Crippen LogP contribution >= 0.6 is 0 Å². The highest BCUT2D eigenvalue weighted by molar-refractivity contribution is 5.43. The van der Waals surface area contributed by atoms with Crippen LogP contribution in [0.3, 0.4) is 0 Å². The first-order chi connectivity index (χ1) is 11.6. The molecule has 1 saturated carbocycles. The minimum Gasteiger partial charge on any atom is -0.256 e. The number of fused-ring (bicyclic) bond motifs is 1. The van der Waals surface area contributed by atoms with Crippen LogP contribution in [0.15, 0.2) is 6.20 Å². The van der Waals surface area contributed by atoms with Crippen LogP contribution in [0.4, 0.5) is 0 Å². The van der Waals surface area contributed by atoms with Gasteiger partial charge in [-0.1, -0.05) is 12.8 Å². The molecular weight excluding hydrogens is 302 g/mol.